The fraction of sp³-hybridized carbons (Fsp3) is 0.421. The van der Waals surface area contributed by atoms with Crippen LogP contribution in [-0.2, 0) is 12.1 Å². The first-order valence-corrected chi connectivity index (χ1v) is 8.31. The van der Waals surface area contributed by atoms with Crippen LogP contribution in [0.5, 0.6) is 5.75 Å². The van der Waals surface area contributed by atoms with Crippen molar-refractivity contribution in [3.05, 3.63) is 53.9 Å². The van der Waals surface area contributed by atoms with Crippen molar-refractivity contribution >= 4 is 6.20 Å². The summed E-state index contributed by atoms with van der Waals surface area (Å²) in [5.41, 5.74) is 2.31. The number of methoxy groups -OCH3 is 1. The summed E-state index contributed by atoms with van der Waals surface area (Å²) in [7, 11) is 1.65. The van der Waals surface area contributed by atoms with Gasteiger partial charge in [0, 0.05) is 43.2 Å². The Balaban J connectivity index is 1.68. The van der Waals surface area contributed by atoms with Crippen LogP contribution in [0, 0.1) is 6.92 Å². The van der Waals surface area contributed by atoms with E-state index < -0.39 is 5.60 Å². The minimum Gasteiger partial charge on any atom is -0.496 e. The minimum absolute atomic E-state index is 0.696. The third kappa shape index (κ3) is 3.23. The molecule has 1 saturated heterocycles. The van der Waals surface area contributed by atoms with Gasteiger partial charge >= 0.3 is 0 Å². The normalized spacial score (nSPS) is 17.6. The highest BCUT2D eigenvalue weighted by atomic mass is 16.5. The molecule has 3 rings (SSSR count). The van der Waals surface area contributed by atoms with Crippen LogP contribution in [0.3, 0.4) is 0 Å². The van der Waals surface area contributed by atoms with E-state index in [0.29, 0.717) is 12.8 Å². The number of likely N-dealkylation sites (tertiary alicyclic amines) is 1. The lowest BCUT2D eigenvalue weighted by Gasteiger charge is -2.39. The number of rotatable bonds is 5. The standard InChI is InChI=1S/C19H25N3O2/c1-4-22-14-16(15(2)20-22)13-21-11-9-19(23,10-12-21)17-7-5-6-8-18(17)24-3/h4-8,14,23H,1,9-13H2,2-3H3. The van der Waals surface area contributed by atoms with Crippen LogP contribution in [0.4, 0.5) is 0 Å². The molecule has 1 aromatic carbocycles. The lowest BCUT2D eigenvalue weighted by Crippen LogP contribution is -2.42. The average Bonchev–Trinajstić information content (AvgIpc) is 2.97. The molecule has 1 aromatic heterocycles. The van der Waals surface area contributed by atoms with E-state index in [9.17, 15) is 5.11 Å². The lowest BCUT2D eigenvalue weighted by molar-refractivity contribution is -0.0292. The second-order valence-electron chi connectivity index (χ2n) is 6.41. The lowest BCUT2D eigenvalue weighted by atomic mass is 9.84. The number of benzene rings is 1. The van der Waals surface area contributed by atoms with Gasteiger partial charge in [0.15, 0.2) is 0 Å². The largest absolute Gasteiger partial charge is 0.496 e. The summed E-state index contributed by atoms with van der Waals surface area (Å²) in [5, 5.41) is 15.5. The zero-order valence-corrected chi connectivity index (χ0v) is 14.4. The van der Waals surface area contributed by atoms with Crippen molar-refractivity contribution in [3.63, 3.8) is 0 Å². The van der Waals surface area contributed by atoms with Crippen molar-refractivity contribution in [2.45, 2.75) is 31.9 Å². The quantitative estimate of drug-likeness (QED) is 0.917. The number of aliphatic hydroxyl groups is 1. The van der Waals surface area contributed by atoms with Crippen LogP contribution in [0.2, 0.25) is 0 Å². The number of nitrogens with zero attached hydrogens (tertiary/aromatic N) is 3. The fourth-order valence-electron chi connectivity index (χ4n) is 3.39. The second-order valence-corrected chi connectivity index (χ2v) is 6.41. The Morgan fingerprint density at radius 2 is 2.04 bits per heavy atom. The van der Waals surface area contributed by atoms with Crippen molar-refractivity contribution in [2.24, 2.45) is 0 Å². The van der Waals surface area contributed by atoms with Gasteiger partial charge in [-0.1, -0.05) is 24.8 Å². The topological polar surface area (TPSA) is 50.5 Å². The van der Waals surface area contributed by atoms with Gasteiger partial charge in [0.1, 0.15) is 5.75 Å². The molecule has 0 amide bonds. The van der Waals surface area contributed by atoms with Gasteiger partial charge in [-0.05, 0) is 25.8 Å². The van der Waals surface area contributed by atoms with Crippen LogP contribution in [-0.4, -0.2) is 40.0 Å². The van der Waals surface area contributed by atoms with Crippen LogP contribution in [0.15, 0.2) is 37.0 Å². The Morgan fingerprint density at radius 3 is 2.67 bits per heavy atom. The predicted molar refractivity (Wildman–Crippen MR) is 94.8 cm³/mol. The highest BCUT2D eigenvalue weighted by molar-refractivity contribution is 5.38. The van der Waals surface area contributed by atoms with Crippen molar-refractivity contribution in [1.29, 1.82) is 0 Å². The number of hydrogen-bond donors (Lipinski definition) is 1. The van der Waals surface area contributed by atoms with Gasteiger partial charge in [-0.3, -0.25) is 4.90 Å². The molecule has 128 valence electrons. The van der Waals surface area contributed by atoms with E-state index in [-0.39, 0.29) is 0 Å². The molecule has 5 nitrogen and oxygen atoms in total. The van der Waals surface area contributed by atoms with Crippen molar-refractivity contribution in [1.82, 2.24) is 14.7 Å². The average molecular weight is 327 g/mol. The third-order valence-electron chi connectivity index (χ3n) is 4.89. The fourth-order valence-corrected chi connectivity index (χ4v) is 3.39. The summed E-state index contributed by atoms with van der Waals surface area (Å²) >= 11 is 0. The Hall–Kier alpha value is -2.11. The molecule has 1 aliphatic rings. The van der Waals surface area contributed by atoms with Gasteiger partial charge in [-0.2, -0.15) is 5.10 Å². The first-order chi connectivity index (χ1) is 11.6. The van der Waals surface area contributed by atoms with E-state index in [4.69, 9.17) is 4.74 Å². The number of aromatic nitrogens is 2. The number of ether oxygens (including phenoxy) is 1. The molecule has 0 spiro atoms. The molecule has 1 aliphatic heterocycles. The Morgan fingerprint density at radius 1 is 1.33 bits per heavy atom. The molecular formula is C19H25N3O2. The van der Waals surface area contributed by atoms with Crippen molar-refractivity contribution in [2.75, 3.05) is 20.2 Å². The molecule has 5 heteroatoms. The highest BCUT2D eigenvalue weighted by Crippen LogP contribution is 2.38. The van der Waals surface area contributed by atoms with E-state index in [1.807, 2.05) is 37.4 Å². The van der Waals surface area contributed by atoms with Crippen molar-refractivity contribution < 1.29 is 9.84 Å². The maximum absolute atomic E-state index is 11.1. The van der Waals surface area contributed by atoms with E-state index in [1.165, 1.54) is 5.56 Å². The monoisotopic (exact) mass is 327 g/mol. The van der Waals surface area contributed by atoms with Gasteiger partial charge in [0.05, 0.1) is 18.4 Å². The third-order valence-corrected chi connectivity index (χ3v) is 4.89. The maximum atomic E-state index is 11.1. The number of para-hydroxylation sites is 1. The zero-order chi connectivity index (χ0) is 17.2. The van der Waals surface area contributed by atoms with E-state index >= 15 is 0 Å². The van der Waals surface area contributed by atoms with E-state index in [1.54, 1.807) is 18.0 Å². The molecule has 0 bridgehead atoms. The molecule has 0 atom stereocenters. The highest BCUT2D eigenvalue weighted by Gasteiger charge is 2.36. The van der Waals surface area contributed by atoms with Gasteiger partial charge in [-0.25, -0.2) is 4.68 Å². The van der Waals surface area contributed by atoms with Crippen LogP contribution in [0.1, 0.15) is 29.7 Å². The number of hydrogen-bond acceptors (Lipinski definition) is 4. The molecular weight excluding hydrogens is 302 g/mol. The van der Waals surface area contributed by atoms with Gasteiger partial charge in [0.25, 0.3) is 0 Å². The molecule has 0 unspecified atom stereocenters. The summed E-state index contributed by atoms with van der Waals surface area (Å²) in [6.07, 6.45) is 5.11. The summed E-state index contributed by atoms with van der Waals surface area (Å²) in [4.78, 5) is 2.36. The predicted octanol–water partition coefficient (Wildman–Crippen LogP) is 2.78. The number of aryl methyl sites for hydroxylation is 1. The second kappa shape index (κ2) is 6.79. The summed E-state index contributed by atoms with van der Waals surface area (Å²) in [5.74, 6) is 0.761. The molecule has 0 saturated carbocycles. The van der Waals surface area contributed by atoms with Gasteiger partial charge in [0.2, 0.25) is 0 Å². The molecule has 0 radical (unpaired) electrons. The minimum atomic E-state index is -0.816. The molecule has 24 heavy (non-hydrogen) atoms. The van der Waals surface area contributed by atoms with Crippen LogP contribution >= 0.6 is 0 Å². The first-order valence-electron chi connectivity index (χ1n) is 8.31. The first kappa shape index (κ1) is 16.7. The smallest absolute Gasteiger partial charge is 0.124 e. The Labute approximate surface area is 143 Å². The van der Waals surface area contributed by atoms with Gasteiger partial charge in [-0.15, -0.1) is 0 Å². The molecule has 1 fully saturated rings. The summed E-state index contributed by atoms with van der Waals surface area (Å²) < 4.78 is 7.17. The Bertz CT molecular complexity index is 715. The molecule has 2 aromatic rings. The van der Waals surface area contributed by atoms with Crippen LogP contribution in [0.25, 0.3) is 6.20 Å². The maximum Gasteiger partial charge on any atom is 0.124 e. The van der Waals surface area contributed by atoms with Crippen LogP contribution < -0.4 is 4.74 Å². The SMILES string of the molecule is C=Cn1cc(CN2CCC(O)(c3ccccc3OC)CC2)c(C)n1. The molecule has 2 heterocycles. The van der Waals surface area contributed by atoms with Gasteiger partial charge < -0.3 is 9.84 Å². The van der Waals surface area contributed by atoms with E-state index in [2.05, 4.69) is 16.6 Å². The zero-order valence-electron chi connectivity index (χ0n) is 14.4. The van der Waals surface area contributed by atoms with E-state index in [0.717, 1.165) is 36.6 Å². The molecule has 1 N–H and O–H groups in total. The number of piperidine rings is 1. The summed E-state index contributed by atoms with van der Waals surface area (Å²) in [6.45, 7) is 8.29. The van der Waals surface area contributed by atoms with Crippen molar-refractivity contribution in [3.8, 4) is 5.75 Å². The summed E-state index contributed by atoms with van der Waals surface area (Å²) in [6, 6.07) is 7.76. The Kier molecular flexibility index (Phi) is 4.73. The molecule has 0 aliphatic carbocycles.